The summed E-state index contributed by atoms with van der Waals surface area (Å²) < 4.78 is 6.73. The van der Waals surface area contributed by atoms with Crippen molar-refractivity contribution in [2.24, 2.45) is 0 Å². The SMILES string of the molecule is S=C(NC[C@@H]1CCCO1)Nc1ccc(I)cc1. The van der Waals surface area contributed by atoms with Crippen molar-refractivity contribution in [3.8, 4) is 0 Å². The van der Waals surface area contributed by atoms with Gasteiger partial charge < -0.3 is 15.4 Å². The Morgan fingerprint density at radius 1 is 1.41 bits per heavy atom. The van der Waals surface area contributed by atoms with E-state index in [1.807, 2.05) is 24.3 Å². The maximum Gasteiger partial charge on any atom is 0.170 e. The van der Waals surface area contributed by atoms with E-state index in [1.54, 1.807) is 0 Å². The molecule has 0 unspecified atom stereocenters. The van der Waals surface area contributed by atoms with Gasteiger partial charge in [0, 0.05) is 22.4 Å². The molecule has 1 aromatic carbocycles. The Morgan fingerprint density at radius 3 is 2.82 bits per heavy atom. The largest absolute Gasteiger partial charge is 0.376 e. The molecule has 0 amide bonds. The van der Waals surface area contributed by atoms with Crippen molar-refractivity contribution < 1.29 is 4.74 Å². The van der Waals surface area contributed by atoms with Crippen molar-refractivity contribution in [3.63, 3.8) is 0 Å². The lowest BCUT2D eigenvalue weighted by Crippen LogP contribution is -2.34. The van der Waals surface area contributed by atoms with E-state index in [2.05, 4.69) is 33.2 Å². The highest BCUT2D eigenvalue weighted by Gasteiger charge is 2.15. The van der Waals surface area contributed by atoms with E-state index < -0.39 is 0 Å². The summed E-state index contributed by atoms with van der Waals surface area (Å²) in [5.41, 5.74) is 1.01. The first kappa shape index (κ1) is 13.0. The molecule has 17 heavy (non-hydrogen) atoms. The third kappa shape index (κ3) is 4.40. The van der Waals surface area contributed by atoms with Gasteiger partial charge in [0.25, 0.3) is 0 Å². The molecule has 0 aromatic heterocycles. The van der Waals surface area contributed by atoms with Gasteiger partial charge in [-0.3, -0.25) is 0 Å². The Labute approximate surface area is 120 Å². The standard InChI is InChI=1S/C12H15IN2OS/c13-9-3-5-10(6-4-9)15-12(17)14-8-11-2-1-7-16-11/h3-6,11H,1-2,7-8H2,(H2,14,15,17)/t11-/m0/s1. The zero-order valence-electron chi connectivity index (χ0n) is 9.41. The minimum atomic E-state index is 0.312. The predicted octanol–water partition coefficient (Wildman–Crippen LogP) is 2.76. The van der Waals surface area contributed by atoms with Crippen LogP contribution in [-0.4, -0.2) is 24.4 Å². The number of rotatable bonds is 3. The van der Waals surface area contributed by atoms with Crippen LogP contribution >= 0.6 is 34.8 Å². The number of thiocarbonyl (C=S) groups is 1. The number of halogens is 1. The normalized spacial score (nSPS) is 19.0. The molecule has 1 saturated heterocycles. The topological polar surface area (TPSA) is 33.3 Å². The molecule has 3 nitrogen and oxygen atoms in total. The number of anilines is 1. The van der Waals surface area contributed by atoms with Crippen LogP contribution < -0.4 is 10.6 Å². The number of nitrogens with one attached hydrogen (secondary N) is 2. The Bertz CT molecular complexity index is 377. The molecule has 0 aliphatic carbocycles. The first-order valence-electron chi connectivity index (χ1n) is 5.66. The summed E-state index contributed by atoms with van der Waals surface area (Å²) in [6.07, 6.45) is 2.59. The fraction of sp³-hybridized carbons (Fsp3) is 0.417. The van der Waals surface area contributed by atoms with Crippen LogP contribution in [0.25, 0.3) is 0 Å². The fourth-order valence-electron chi connectivity index (χ4n) is 1.72. The summed E-state index contributed by atoms with van der Waals surface area (Å²) in [5, 5.41) is 6.99. The molecule has 5 heteroatoms. The van der Waals surface area contributed by atoms with Crippen molar-refractivity contribution in [2.75, 3.05) is 18.5 Å². The van der Waals surface area contributed by atoms with Gasteiger partial charge in [-0.1, -0.05) is 0 Å². The van der Waals surface area contributed by atoms with Gasteiger partial charge in [0.1, 0.15) is 0 Å². The first-order valence-corrected chi connectivity index (χ1v) is 7.15. The van der Waals surface area contributed by atoms with Gasteiger partial charge in [0.15, 0.2) is 5.11 Å². The van der Waals surface area contributed by atoms with Crippen LogP contribution in [0.1, 0.15) is 12.8 Å². The zero-order chi connectivity index (χ0) is 12.1. The fourth-order valence-corrected chi connectivity index (χ4v) is 2.28. The molecular weight excluding hydrogens is 347 g/mol. The van der Waals surface area contributed by atoms with Gasteiger partial charge in [-0.05, 0) is 71.9 Å². The van der Waals surface area contributed by atoms with Crippen LogP contribution in [-0.2, 0) is 4.74 Å². The molecule has 0 spiro atoms. The molecular formula is C12H15IN2OS. The zero-order valence-corrected chi connectivity index (χ0v) is 12.4. The van der Waals surface area contributed by atoms with Gasteiger partial charge in [0.05, 0.1) is 6.10 Å². The minimum absolute atomic E-state index is 0.312. The second-order valence-electron chi connectivity index (χ2n) is 3.98. The average molecular weight is 362 g/mol. The van der Waals surface area contributed by atoms with Crippen LogP contribution in [0.5, 0.6) is 0 Å². The molecule has 1 aromatic rings. The van der Waals surface area contributed by atoms with E-state index in [9.17, 15) is 0 Å². The Kier molecular flexibility index (Phi) is 4.99. The van der Waals surface area contributed by atoms with Crippen molar-refractivity contribution in [2.45, 2.75) is 18.9 Å². The lowest BCUT2D eigenvalue weighted by molar-refractivity contribution is 0.114. The molecule has 0 bridgehead atoms. The average Bonchev–Trinajstić information content (AvgIpc) is 2.83. The molecule has 0 saturated carbocycles. The van der Waals surface area contributed by atoms with Crippen LogP contribution in [0.2, 0.25) is 0 Å². The molecule has 1 atom stereocenters. The maximum atomic E-state index is 5.52. The first-order chi connectivity index (χ1) is 8.24. The smallest absolute Gasteiger partial charge is 0.170 e. The number of hydrogen-bond donors (Lipinski definition) is 2. The second-order valence-corrected chi connectivity index (χ2v) is 5.63. The van der Waals surface area contributed by atoms with Crippen molar-refractivity contribution in [1.29, 1.82) is 0 Å². The summed E-state index contributed by atoms with van der Waals surface area (Å²) in [6.45, 7) is 1.67. The molecule has 1 fully saturated rings. The van der Waals surface area contributed by atoms with Crippen LogP contribution in [0.4, 0.5) is 5.69 Å². The highest BCUT2D eigenvalue weighted by molar-refractivity contribution is 14.1. The van der Waals surface area contributed by atoms with Crippen LogP contribution in [0.15, 0.2) is 24.3 Å². The van der Waals surface area contributed by atoms with Gasteiger partial charge in [-0.15, -0.1) is 0 Å². The van der Waals surface area contributed by atoms with Crippen molar-refractivity contribution in [3.05, 3.63) is 27.8 Å². The molecule has 1 heterocycles. The van der Waals surface area contributed by atoms with Crippen molar-refractivity contribution >= 4 is 45.6 Å². The number of hydrogen-bond acceptors (Lipinski definition) is 2. The van der Waals surface area contributed by atoms with E-state index in [1.165, 1.54) is 3.57 Å². The lowest BCUT2D eigenvalue weighted by Gasteiger charge is -2.14. The lowest BCUT2D eigenvalue weighted by atomic mass is 10.2. The highest BCUT2D eigenvalue weighted by atomic mass is 127. The van der Waals surface area contributed by atoms with Crippen molar-refractivity contribution in [1.82, 2.24) is 5.32 Å². The van der Waals surface area contributed by atoms with E-state index >= 15 is 0 Å². The molecule has 0 radical (unpaired) electrons. The Balaban J connectivity index is 1.74. The number of ether oxygens (including phenoxy) is 1. The molecule has 1 aliphatic heterocycles. The van der Waals surface area contributed by atoms with E-state index in [0.717, 1.165) is 31.7 Å². The van der Waals surface area contributed by atoms with Gasteiger partial charge in [0.2, 0.25) is 0 Å². The number of benzene rings is 1. The van der Waals surface area contributed by atoms with Crippen LogP contribution in [0.3, 0.4) is 0 Å². The summed E-state index contributed by atoms with van der Waals surface area (Å²) in [7, 11) is 0. The third-order valence-corrected chi connectivity index (χ3v) is 3.58. The maximum absolute atomic E-state index is 5.52. The summed E-state index contributed by atoms with van der Waals surface area (Å²) >= 11 is 7.50. The second kappa shape index (κ2) is 6.51. The van der Waals surface area contributed by atoms with Crippen LogP contribution in [0, 0.1) is 3.57 Å². The summed E-state index contributed by atoms with van der Waals surface area (Å²) in [6, 6.07) is 8.13. The highest BCUT2D eigenvalue weighted by Crippen LogP contribution is 2.12. The predicted molar refractivity (Wildman–Crippen MR) is 82.4 cm³/mol. The molecule has 92 valence electrons. The van der Waals surface area contributed by atoms with Gasteiger partial charge in [-0.25, -0.2) is 0 Å². The Hall–Kier alpha value is -0.400. The monoisotopic (exact) mass is 362 g/mol. The molecule has 2 N–H and O–H groups in total. The summed E-state index contributed by atoms with van der Waals surface area (Å²) in [4.78, 5) is 0. The quantitative estimate of drug-likeness (QED) is 0.640. The van der Waals surface area contributed by atoms with Gasteiger partial charge in [-0.2, -0.15) is 0 Å². The minimum Gasteiger partial charge on any atom is -0.376 e. The Morgan fingerprint density at radius 2 is 2.18 bits per heavy atom. The molecule has 1 aliphatic rings. The third-order valence-electron chi connectivity index (χ3n) is 2.62. The van der Waals surface area contributed by atoms with E-state index in [4.69, 9.17) is 17.0 Å². The summed E-state index contributed by atoms with van der Waals surface area (Å²) in [5.74, 6) is 0. The van der Waals surface area contributed by atoms with E-state index in [0.29, 0.717) is 11.2 Å². The molecule has 2 rings (SSSR count). The van der Waals surface area contributed by atoms with Gasteiger partial charge >= 0.3 is 0 Å². The van der Waals surface area contributed by atoms with E-state index in [-0.39, 0.29) is 0 Å².